The molecule has 2 rings (SSSR count). The number of aryl methyl sites for hydroxylation is 1. The van der Waals surface area contributed by atoms with E-state index in [2.05, 4.69) is 15.1 Å². The molecule has 0 bridgehead atoms. The maximum Gasteiger partial charge on any atom is 0.196 e. The van der Waals surface area contributed by atoms with Crippen LogP contribution >= 0.6 is 0 Å². The van der Waals surface area contributed by atoms with E-state index in [1.54, 1.807) is 29.3 Å². The van der Waals surface area contributed by atoms with E-state index in [1.165, 1.54) is 0 Å². The van der Waals surface area contributed by atoms with Gasteiger partial charge < -0.3 is 0 Å². The van der Waals surface area contributed by atoms with Gasteiger partial charge in [0.25, 0.3) is 0 Å². The third-order valence-corrected chi connectivity index (χ3v) is 1.67. The molecule has 4 nitrogen and oxygen atoms in total. The van der Waals surface area contributed by atoms with Crippen molar-refractivity contribution in [2.24, 2.45) is 7.05 Å². The summed E-state index contributed by atoms with van der Waals surface area (Å²) in [7, 11) is 1.87. The number of rotatable bonds is 1. The van der Waals surface area contributed by atoms with E-state index in [9.17, 15) is 0 Å². The normalized spacial score (nSPS) is 9.92. The first kappa shape index (κ1) is 7.79. The van der Waals surface area contributed by atoms with Gasteiger partial charge in [-0.25, -0.2) is 9.97 Å². The van der Waals surface area contributed by atoms with Crippen molar-refractivity contribution in [1.29, 1.82) is 0 Å². The largest absolute Gasteiger partial charge is 0.237 e. The molecule has 2 aromatic heterocycles. The van der Waals surface area contributed by atoms with Gasteiger partial charge in [-0.2, -0.15) is 0 Å². The molecular weight excluding hydrogens is 164 g/mol. The molecular formula is C9H9N4+. The number of hydrogen-bond donors (Lipinski definition) is 0. The maximum absolute atomic E-state index is 4.12. The standard InChI is InChI=1S/C9H9N4/c1-13-6-3-8(7-12-13)9-10-4-2-5-11-9/h2-7H,1H3/q+1. The molecule has 0 atom stereocenters. The van der Waals surface area contributed by atoms with E-state index >= 15 is 0 Å². The van der Waals surface area contributed by atoms with Gasteiger partial charge in [-0.15, -0.1) is 0 Å². The highest BCUT2D eigenvalue weighted by Gasteiger charge is 2.01. The first-order valence-corrected chi connectivity index (χ1v) is 3.95. The molecule has 4 heteroatoms. The highest BCUT2D eigenvalue weighted by Crippen LogP contribution is 2.08. The highest BCUT2D eigenvalue weighted by molar-refractivity contribution is 5.51. The first-order valence-electron chi connectivity index (χ1n) is 3.95. The van der Waals surface area contributed by atoms with E-state index in [0.717, 1.165) is 5.56 Å². The summed E-state index contributed by atoms with van der Waals surface area (Å²) in [5.74, 6) is 0.704. The smallest absolute Gasteiger partial charge is 0.196 e. The van der Waals surface area contributed by atoms with Gasteiger partial charge in [0.2, 0.25) is 0 Å². The molecule has 2 heterocycles. The maximum atomic E-state index is 4.12. The summed E-state index contributed by atoms with van der Waals surface area (Å²) in [6, 6.07) is 3.72. The summed E-state index contributed by atoms with van der Waals surface area (Å²) in [6.07, 6.45) is 7.05. The first-order chi connectivity index (χ1) is 6.36. The Morgan fingerprint density at radius 2 is 2.00 bits per heavy atom. The van der Waals surface area contributed by atoms with Gasteiger partial charge in [0.15, 0.2) is 19.1 Å². The lowest BCUT2D eigenvalue weighted by molar-refractivity contribution is -0.730. The Morgan fingerprint density at radius 1 is 1.23 bits per heavy atom. The quantitative estimate of drug-likeness (QED) is 0.585. The fourth-order valence-electron chi connectivity index (χ4n) is 1.00. The summed E-state index contributed by atoms with van der Waals surface area (Å²) in [6.45, 7) is 0. The van der Waals surface area contributed by atoms with Crippen molar-refractivity contribution in [2.45, 2.75) is 0 Å². The van der Waals surface area contributed by atoms with Gasteiger partial charge in [-0.3, -0.25) is 0 Å². The van der Waals surface area contributed by atoms with Crippen LogP contribution in [0.3, 0.4) is 0 Å². The Hall–Kier alpha value is -1.84. The van der Waals surface area contributed by atoms with Gasteiger partial charge in [-0.1, -0.05) is 4.68 Å². The molecule has 0 amide bonds. The predicted molar refractivity (Wildman–Crippen MR) is 46.4 cm³/mol. The zero-order valence-corrected chi connectivity index (χ0v) is 7.25. The molecule has 0 fully saturated rings. The zero-order chi connectivity index (χ0) is 9.10. The van der Waals surface area contributed by atoms with Crippen LogP contribution in [0.25, 0.3) is 11.4 Å². The van der Waals surface area contributed by atoms with Crippen LogP contribution in [0.4, 0.5) is 0 Å². The van der Waals surface area contributed by atoms with E-state index in [1.807, 2.05) is 19.3 Å². The summed E-state index contributed by atoms with van der Waals surface area (Å²) in [4.78, 5) is 8.24. The second-order valence-electron chi connectivity index (χ2n) is 2.66. The highest BCUT2D eigenvalue weighted by atomic mass is 15.2. The molecule has 0 saturated carbocycles. The van der Waals surface area contributed by atoms with Crippen molar-refractivity contribution in [3.05, 3.63) is 36.9 Å². The summed E-state index contributed by atoms with van der Waals surface area (Å²) in [5.41, 5.74) is 0.929. The van der Waals surface area contributed by atoms with Crippen LogP contribution in [0.5, 0.6) is 0 Å². The lowest BCUT2D eigenvalue weighted by atomic mass is 10.3. The molecule has 0 aromatic carbocycles. The lowest BCUT2D eigenvalue weighted by Gasteiger charge is -1.94. The Balaban J connectivity index is 2.42. The summed E-state index contributed by atoms with van der Waals surface area (Å²) < 4.78 is 1.73. The van der Waals surface area contributed by atoms with Crippen molar-refractivity contribution in [2.75, 3.05) is 0 Å². The van der Waals surface area contributed by atoms with E-state index in [0.29, 0.717) is 5.82 Å². The molecule has 0 unspecified atom stereocenters. The van der Waals surface area contributed by atoms with Crippen LogP contribution in [0.15, 0.2) is 36.9 Å². The van der Waals surface area contributed by atoms with Gasteiger partial charge in [0.1, 0.15) is 6.20 Å². The van der Waals surface area contributed by atoms with E-state index in [4.69, 9.17) is 0 Å². The van der Waals surface area contributed by atoms with Crippen molar-refractivity contribution in [3.63, 3.8) is 0 Å². The second kappa shape index (κ2) is 3.26. The molecule has 2 aromatic rings. The fraction of sp³-hybridized carbons (Fsp3) is 0.111. The average molecular weight is 173 g/mol. The van der Waals surface area contributed by atoms with E-state index < -0.39 is 0 Å². The molecule has 13 heavy (non-hydrogen) atoms. The molecule has 0 N–H and O–H groups in total. The van der Waals surface area contributed by atoms with Gasteiger partial charge in [-0.05, 0) is 11.2 Å². The predicted octanol–water partition coefficient (Wildman–Crippen LogP) is 0.363. The Bertz CT molecular complexity index is 382. The van der Waals surface area contributed by atoms with Gasteiger partial charge >= 0.3 is 0 Å². The zero-order valence-electron chi connectivity index (χ0n) is 7.25. The van der Waals surface area contributed by atoms with Crippen molar-refractivity contribution >= 4 is 0 Å². The summed E-state index contributed by atoms with van der Waals surface area (Å²) in [5, 5.41) is 4.09. The Kier molecular flexibility index (Phi) is 1.96. The van der Waals surface area contributed by atoms with Crippen LogP contribution in [0.1, 0.15) is 0 Å². The second-order valence-corrected chi connectivity index (χ2v) is 2.66. The van der Waals surface area contributed by atoms with E-state index in [-0.39, 0.29) is 0 Å². The van der Waals surface area contributed by atoms with Crippen LogP contribution in [-0.4, -0.2) is 15.1 Å². The Morgan fingerprint density at radius 3 is 2.62 bits per heavy atom. The van der Waals surface area contributed by atoms with Crippen molar-refractivity contribution in [1.82, 2.24) is 15.1 Å². The molecule has 64 valence electrons. The number of nitrogens with zero attached hydrogens (tertiary/aromatic N) is 4. The topological polar surface area (TPSA) is 42.5 Å². The van der Waals surface area contributed by atoms with Crippen LogP contribution in [0.2, 0.25) is 0 Å². The number of aromatic nitrogens is 4. The lowest BCUT2D eigenvalue weighted by Crippen LogP contribution is -2.31. The van der Waals surface area contributed by atoms with Crippen molar-refractivity contribution in [3.8, 4) is 11.4 Å². The van der Waals surface area contributed by atoms with Crippen LogP contribution in [-0.2, 0) is 7.05 Å². The molecule has 0 aliphatic rings. The molecule has 0 saturated heterocycles. The molecule has 0 radical (unpaired) electrons. The minimum atomic E-state index is 0.704. The molecule has 0 aliphatic heterocycles. The SMILES string of the molecule is C[n+]1ccc(-c2ncccn2)cn1. The number of hydrogen-bond acceptors (Lipinski definition) is 3. The third-order valence-electron chi connectivity index (χ3n) is 1.67. The third kappa shape index (κ3) is 1.66. The van der Waals surface area contributed by atoms with Crippen LogP contribution < -0.4 is 4.68 Å². The fourth-order valence-corrected chi connectivity index (χ4v) is 1.00. The molecule has 0 spiro atoms. The van der Waals surface area contributed by atoms with Gasteiger partial charge in [0, 0.05) is 24.0 Å². The molecule has 0 aliphatic carbocycles. The van der Waals surface area contributed by atoms with Crippen LogP contribution in [0, 0.1) is 0 Å². The minimum Gasteiger partial charge on any atom is -0.237 e. The van der Waals surface area contributed by atoms with Gasteiger partial charge in [0.05, 0.1) is 0 Å². The van der Waals surface area contributed by atoms with Crippen molar-refractivity contribution < 1.29 is 4.68 Å². The summed E-state index contributed by atoms with van der Waals surface area (Å²) >= 11 is 0. The average Bonchev–Trinajstić information content (AvgIpc) is 2.20. The Labute approximate surface area is 75.9 Å². The minimum absolute atomic E-state index is 0.704. The monoisotopic (exact) mass is 173 g/mol.